The molecule has 1 aromatic rings. The summed E-state index contributed by atoms with van der Waals surface area (Å²) in [7, 11) is 2.04. The highest BCUT2D eigenvalue weighted by molar-refractivity contribution is 5.06. The smallest absolute Gasteiger partial charge is 0.0946 e. The number of imidazole rings is 1. The van der Waals surface area contributed by atoms with Gasteiger partial charge in [-0.2, -0.15) is 0 Å². The molecule has 1 unspecified atom stereocenters. The molecule has 0 radical (unpaired) electrons. The summed E-state index contributed by atoms with van der Waals surface area (Å²) in [6.45, 7) is 12.8. The Bertz CT molecular complexity index is 359. The van der Waals surface area contributed by atoms with Gasteiger partial charge in [0.1, 0.15) is 0 Å². The van der Waals surface area contributed by atoms with Gasteiger partial charge in [0.25, 0.3) is 0 Å². The quantitative estimate of drug-likeness (QED) is 0.706. The summed E-state index contributed by atoms with van der Waals surface area (Å²) >= 11 is 0. The van der Waals surface area contributed by atoms with Crippen LogP contribution in [0.5, 0.6) is 0 Å². The number of nitrogens with zero attached hydrogens (tertiary/aromatic N) is 4. The molecular weight excluding hydrogens is 250 g/mol. The van der Waals surface area contributed by atoms with Crippen molar-refractivity contribution in [2.75, 3.05) is 39.3 Å². The van der Waals surface area contributed by atoms with E-state index in [-0.39, 0.29) is 6.04 Å². The van der Waals surface area contributed by atoms with Crippen molar-refractivity contribution >= 4 is 0 Å². The predicted molar refractivity (Wildman–Crippen MR) is 84.7 cm³/mol. The van der Waals surface area contributed by atoms with Crippen molar-refractivity contribution in [3.8, 4) is 0 Å². The zero-order chi connectivity index (χ0) is 15.0. The van der Waals surface area contributed by atoms with E-state index in [9.17, 15) is 0 Å². The molecule has 0 saturated carbocycles. The van der Waals surface area contributed by atoms with Crippen molar-refractivity contribution in [1.29, 1.82) is 0 Å². The Morgan fingerprint density at radius 2 is 1.90 bits per heavy atom. The summed E-state index contributed by atoms with van der Waals surface area (Å²) in [5.74, 6) is 0. The summed E-state index contributed by atoms with van der Waals surface area (Å²) in [4.78, 5) is 9.14. The third kappa shape index (κ3) is 4.58. The van der Waals surface area contributed by atoms with Crippen LogP contribution in [0.15, 0.2) is 12.5 Å². The Hall–Kier alpha value is -0.910. The number of rotatable bonds is 10. The van der Waals surface area contributed by atoms with Gasteiger partial charge >= 0.3 is 0 Å². The van der Waals surface area contributed by atoms with Gasteiger partial charge in [0.2, 0.25) is 0 Å². The van der Waals surface area contributed by atoms with E-state index in [1.165, 1.54) is 12.1 Å². The summed E-state index contributed by atoms with van der Waals surface area (Å²) in [5, 5.41) is 0. The number of likely N-dealkylation sites (N-methyl/N-ethyl adjacent to an activating group) is 1. The van der Waals surface area contributed by atoms with Gasteiger partial charge in [-0.1, -0.05) is 20.8 Å². The van der Waals surface area contributed by atoms with E-state index in [4.69, 9.17) is 5.73 Å². The average molecular weight is 281 g/mol. The molecule has 1 heterocycles. The standard InChI is InChI=1S/C15H31N5/c1-5-19(6-2)9-8-10-20(7-3)14(11-16)15-12-17-13-18(15)4/h12-14H,5-11,16H2,1-4H3. The predicted octanol–water partition coefficient (Wildman–Crippen LogP) is 1.47. The van der Waals surface area contributed by atoms with E-state index in [0.29, 0.717) is 6.54 Å². The lowest BCUT2D eigenvalue weighted by Gasteiger charge is -2.30. The van der Waals surface area contributed by atoms with Crippen LogP contribution in [0, 0.1) is 0 Å². The normalized spacial score (nSPS) is 13.3. The van der Waals surface area contributed by atoms with E-state index < -0.39 is 0 Å². The molecule has 1 aromatic heterocycles. The second-order valence-electron chi connectivity index (χ2n) is 5.19. The Balaban J connectivity index is 2.57. The van der Waals surface area contributed by atoms with Crippen LogP contribution >= 0.6 is 0 Å². The maximum atomic E-state index is 6.00. The van der Waals surface area contributed by atoms with Crippen LogP contribution in [-0.2, 0) is 7.05 Å². The summed E-state index contributed by atoms with van der Waals surface area (Å²) in [6.07, 6.45) is 4.97. The molecular formula is C15H31N5. The second-order valence-corrected chi connectivity index (χ2v) is 5.19. The van der Waals surface area contributed by atoms with Crippen LogP contribution in [0.25, 0.3) is 0 Å². The molecule has 2 N–H and O–H groups in total. The van der Waals surface area contributed by atoms with Crippen LogP contribution in [0.4, 0.5) is 0 Å². The fraction of sp³-hybridized carbons (Fsp3) is 0.800. The number of nitrogens with two attached hydrogens (primary N) is 1. The molecule has 20 heavy (non-hydrogen) atoms. The maximum absolute atomic E-state index is 6.00. The molecule has 0 saturated heterocycles. The molecule has 0 fully saturated rings. The lowest BCUT2D eigenvalue weighted by molar-refractivity contribution is 0.188. The third-order valence-electron chi connectivity index (χ3n) is 4.08. The molecule has 0 amide bonds. The zero-order valence-electron chi connectivity index (χ0n) is 13.5. The van der Waals surface area contributed by atoms with Gasteiger partial charge in [0.15, 0.2) is 0 Å². The van der Waals surface area contributed by atoms with Crippen LogP contribution in [0.2, 0.25) is 0 Å². The van der Waals surface area contributed by atoms with E-state index in [0.717, 1.165) is 32.7 Å². The largest absolute Gasteiger partial charge is 0.336 e. The van der Waals surface area contributed by atoms with Crippen molar-refractivity contribution in [3.05, 3.63) is 18.2 Å². The summed E-state index contributed by atoms with van der Waals surface area (Å²) in [5.41, 5.74) is 7.21. The van der Waals surface area contributed by atoms with Gasteiger partial charge in [0.05, 0.1) is 18.1 Å². The Labute approximate surface area is 123 Å². The Kier molecular flexibility index (Phi) is 7.80. The molecule has 1 rings (SSSR count). The van der Waals surface area contributed by atoms with Gasteiger partial charge in [-0.05, 0) is 32.6 Å². The van der Waals surface area contributed by atoms with Gasteiger partial charge in [-0.3, -0.25) is 4.90 Å². The zero-order valence-corrected chi connectivity index (χ0v) is 13.5. The minimum Gasteiger partial charge on any atom is -0.336 e. The van der Waals surface area contributed by atoms with Gasteiger partial charge in [-0.15, -0.1) is 0 Å². The molecule has 0 aromatic carbocycles. The summed E-state index contributed by atoms with van der Waals surface area (Å²) < 4.78 is 2.07. The van der Waals surface area contributed by atoms with Crippen molar-refractivity contribution in [2.45, 2.75) is 33.2 Å². The van der Waals surface area contributed by atoms with Gasteiger partial charge in [-0.25, -0.2) is 4.98 Å². The highest BCUT2D eigenvalue weighted by atomic mass is 15.2. The van der Waals surface area contributed by atoms with Gasteiger partial charge in [0, 0.05) is 26.3 Å². The number of aryl methyl sites for hydroxylation is 1. The molecule has 0 aliphatic carbocycles. The van der Waals surface area contributed by atoms with Crippen LogP contribution in [0.1, 0.15) is 38.9 Å². The van der Waals surface area contributed by atoms with E-state index in [1.807, 2.05) is 19.6 Å². The second kappa shape index (κ2) is 9.10. The fourth-order valence-corrected chi connectivity index (χ4v) is 2.72. The highest BCUT2D eigenvalue weighted by Crippen LogP contribution is 2.18. The van der Waals surface area contributed by atoms with Crippen LogP contribution < -0.4 is 5.73 Å². The van der Waals surface area contributed by atoms with Crippen molar-refractivity contribution in [3.63, 3.8) is 0 Å². The minimum atomic E-state index is 0.268. The lowest BCUT2D eigenvalue weighted by atomic mass is 10.1. The van der Waals surface area contributed by atoms with Crippen molar-refractivity contribution in [1.82, 2.24) is 19.4 Å². The molecule has 5 nitrogen and oxygen atoms in total. The first-order chi connectivity index (χ1) is 9.67. The van der Waals surface area contributed by atoms with Crippen molar-refractivity contribution < 1.29 is 0 Å². The SMILES string of the molecule is CCN(CC)CCCN(CC)C(CN)c1cncn1C. The monoisotopic (exact) mass is 281 g/mol. The molecule has 1 atom stereocenters. The topological polar surface area (TPSA) is 50.3 Å². The highest BCUT2D eigenvalue weighted by Gasteiger charge is 2.20. The minimum absolute atomic E-state index is 0.268. The molecule has 5 heteroatoms. The first-order valence-corrected chi connectivity index (χ1v) is 7.80. The van der Waals surface area contributed by atoms with E-state index in [2.05, 4.69) is 40.1 Å². The van der Waals surface area contributed by atoms with Gasteiger partial charge < -0.3 is 15.2 Å². The number of aromatic nitrogens is 2. The third-order valence-corrected chi connectivity index (χ3v) is 4.08. The fourth-order valence-electron chi connectivity index (χ4n) is 2.72. The molecule has 0 aliphatic rings. The Morgan fingerprint density at radius 1 is 1.20 bits per heavy atom. The summed E-state index contributed by atoms with van der Waals surface area (Å²) in [6, 6.07) is 0.268. The molecule has 116 valence electrons. The number of hydrogen-bond acceptors (Lipinski definition) is 4. The first kappa shape index (κ1) is 17.1. The van der Waals surface area contributed by atoms with Crippen LogP contribution in [-0.4, -0.2) is 58.6 Å². The lowest BCUT2D eigenvalue weighted by Crippen LogP contribution is -2.37. The van der Waals surface area contributed by atoms with Crippen molar-refractivity contribution in [2.24, 2.45) is 12.8 Å². The maximum Gasteiger partial charge on any atom is 0.0946 e. The molecule has 0 aliphatic heterocycles. The van der Waals surface area contributed by atoms with E-state index in [1.54, 1.807) is 0 Å². The molecule has 0 bridgehead atoms. The number of hydrogen-bond donors (Lipinski definition) is 1. The van der Waals surface area contributed by atoms with E-state index >= 15 is 0 Å². The Morgan fingerprint density at radius 3 is 2.35 bits per heavy atom. The first-order valence-electron chi connectivity index (χ1n) is 7.80. The average Bonchev–Trinajstić information content (AvgIpc) is 2.88. The van der Waals surface area contributed by atoms with Crippen LogP contribution in [0.3, 0.4) is 0 Å². The molecule has 0 spiro atoms.